The molecule has 1 N–H and O–H groups in total. The summed E-state index contributed by atoms with van der Waals surface area (Å²) in [6, 6.07) is 1.96. The lowest BCUT2D eigenvalue weighted by atomic mass is 10.1. The van der Waals surface area contributed by atoms with Crippen LogP contribution in [0, 0.1) is 0 Å². The van der Waals surface area contributed by atoms with Crippen molar-refractivity contribution in [3.8, 4) is 0 Å². The second-order valence-corrected chi connectivity index (χ2v) is 4.02. The van der Waals surface area contributed by atoms with E-state index in [0.29, 0.717) is 0 Å². The number of rotatable bonds is 5. The molecule has 1 heterocycles. The van der Waals surface area contributed by atoms with Gasteiger partial charge in [0.2, 0.25) is 0 Å². The first-order valence-electron chi connectivity index (χ1n) is 4.82. The van der Waals surface area contributed by atoms with E-state index in [1.165, 1.54) is 0 Å². The molecule has 80 valence electrons. The third-order valence-corrected chi connectivity index (χ3v) is 2.30. The van der Waals surface area contributed by atoms with Gasteiger partial charge in [-0.3, -0.25) is 4.68 Å². The van der Waals surface area contributed by atoms with Gasteiger partial charge < -0.3 is 10.1 Å². The Morgan fingerprint density at radius 1 is 1.57 bits per heavy atom. The monoisotopic (exact) mass is 197 g/mol. The van der Waals surface area contributed by atoms with Crippen molar-refractivity contribution in [3.05, 3.63) is 12.3 Å². The highest BCUT2D eigenvalue weighted by atomic mass is 16.5. The first-order valence-corrected chi connectivity index (χ1v) is 4.82. The Kier molecular flexibility index (Phi) is 3.52. The molecule has 0 aliphatic rings. The van der Waals surface area contributed by atoms with Gasteiger partial charge in [0, 0.05) is 33.0 Å². The van der Waals surface area contributed by atoms with Gasteiger partial charge in [0.15, 0.2) is 0 Å². The number of hydrogen-bond acceptors (Lipinski definition) is 3. The summed E-state index contributed by atoms with van der Waals surface area (Å²) in [6.07, 6.45) is 2.88. The minimum Gasteiger partial charge on any atom is -0.379 e. The van der Waals surface area contributed by atoms with Gasteiger partial charge in [0.25, 0.3) is 0 Å². The predicted octanol–water partition coefficient (Wildman–Crippen LogP) is 1.65. The molecule has 1 rings (SSSR count). The van der Waals surface area contributed by atoms with Crippen molar-refractivity contribution in [1.82, 2.24) is 9.78 Å². The van der Waals surface area contributed by atoms with Crippen molar-refractivity contribution in [2.45, 2.75) is 25.9 Å². The van der Waals surface area contributed by atoms with Gasteiger partial charge in [-0.2, -0.15) is 5.10 Å². The van der Waals surface area contributed by atoms with E-state index in [9.17, 15) is 0 Å². The molecule has 4 nitrogen and oxygen atoms in total. The number of nitrogens with zero attached hydrogens (tertiary/aromatic N) is 2. The number of nitrogens with one attached hydrogen (secondary N) is 1. The van der Waals surface area contributed by atoms with Crippen molar-refractivity contribution in [3.63, 3.8) is 0 Å². The van der Waals surface area contributed by atoms with Crippen LogP contribution in [-0.2, 0) is 11.8 Å². The van der Waals surface area contributed by atoms with Gasteiger partial charge in [-0.1, -0.05) is 0 Å². The molecule has 14 heavy (non-hydrogen) atoms. The summed E-state index contributed by atoms with van der Waals surface area (Å²) in [4.78, 5) is 0. The fourth-order valence-electron chi connectivity index (χ4n) is 1.10. The molecular weight excluding hydrogens is 178 g/mol. The zero-order valence-corrected chi connectivity index (χ0v) is 9.37. The fourth-order valence-corrected chi connectivity index (χ4v) is 1.10. The molecule has 0 aromatic carbocycles. The third kappa shape index (κ3) is 3.38. The number of ether oxygens (including phenoxy) is 1. The minimum absolute atomic E-state index is 0.0677. The van der Waals surface area contributed by atoms with E-state index < -0.39 is 0 Å². The van der Waals surface area contributed by atoms with Gasteiger partial charge in [0.1, 0.15) is 5.82 Å². The van der Waals surface area contributed by atoms with Crippen LogP contribution in [0.1, 0.15) is 20.3 Å². The third-order valence-electron chi connectivity index (χ3n) is 2.30. The summed E-state index contributed by atoms with van der Waals surface area (Å²) in [7, 11) is 3.64. The quantitative estimate of drug-likeness (QED) is 0.780. The highest BCUT2D eigenvalue weighted by Crippen LogP contribution is 2.12. The van der Waals surface area contributed by atoms with Crippen LogP contribution in [0.4, 0.5) is 5.82 Å². The summed E-state index contributed by atoms with van der Waals surface area (Å²) < 4.78 is 7.10. The Labute approximate surface area is 85.3 Å². The van der Waals surface area contributed by atoms with Crippen LogP contribution in [0.15, 0.2) is 12.3 Å². The van der Waals surface area contributed by atoms with E-state index in [1.807, 2.05) is 19.3 Å². The standard InChI is InChI=1S/C10H19N3O/c1-10(2,14-4)6-7-11-9-5-8-13(3)12-9/h5,8H,6-7H2,1-4H3,(H,11,12). The number of anilines is 1. The molecule has 0 bridgehead atoms. The van der Waals surface area contributed by atoms with Crippen LogP contribution in [-0.4, -0.2) is 29.0 Å². The SMILES string of the molecule is COC(C)(C)CCNc1ccn(C)n1. The van der Waals surface area contributed by atoms with Crippen LogP contribution >= 0.6 is 0 Å². The van der Waals surface area contributed by atoms with E-state index in [-0.39, 0.29) is 5.60 Å². The Morgan fingerprint density at radius 2 is 2.29 bits per heavy atom. The summed E-state index contributed by atoms with van der Waals surface area (Å²) in [5.74, 6) is 0.916. The van der Waals surface area contributed by atoms with Crippen LogP contribution in [0.25, 0.3) is 0 Å². The van der Waals surface area contributed by atoms with E-state index in [4.69, 9.17) is 4.74 Å². The Morgan fingerprint density at radius 3 is 2.79 bits per heavy atom. The zero-order valence-electron chi connectivity index (χ0n) is 9.37. The summed E-state index contributed by atoms with van der Waals surface area (Å²) in [5, 5.41) is 7.46. The second-order valence-electron chi connectivity index (χ2n) is 4.02. The molecule has 0 unspecified atom stereocenters. The fraction of sp³-hybridized carbons (Fsp3) is 0.700. The van der Waals surface area contributed by atoms with Gasteiger partial charge in [-0.15, -0.1) is 0 Å². The van der Waals surface area contributed by atoms with E-state index in [2.05, 4.69) is 24.3 Å². The van der Waals surface area contributed by atoms with Crippen LogP contribution < -0.4 is 5.32 Å². The lowest BCUT2D eigenvalue weighted by Crippen LogP contribution is -2.25. The average molecular weight is 197 g/mol. The minimum atomic E-state index is -0.0677. The average Bonchev–Trinajstić information content (AvgIpc) is 2.51. The first-order chi connectivity index (χ1) is 6.53. The smallest absolute Gasteiger partial charge is 0.147 e. The van der Waals surface area contributed by atoms with E-state index in [1.54, 1.807) is 11.8 Å². The summed E-state index contributed by atoms with van der Waals surface area (Å²) >= 11 is 0. The lowest BCUT2D eigenvalue weighted by Gasteiger charge is -2.22. The summed E-state index contributed by atoms with van der Waals surface area (Å²) in [6.45, 7) is 5.03. The summed E-state index contributed by atoms with van der Waals surface area (Å²) in [5.41, 5.74) is -0.0677. The molecule has 0 spiro atoms. The highest BCUT2D eigenvalue weighted by molar-refractivity contribution is 5.31. The predicted molar refractivity (Wildman–Crippen MR) is 57.4 cm³/mol. The molecule has 4 heteroatoms. The van der Waals surface area contributed by atoms with Crippen molar-refractivity contribution < 1.29 is 4.74 Å². The molecule has 0 radical (unpaired) electrons. The molecule has 0 saturated carbocycles. The molecular formula is C10H19N3O. The molecule has 1 aromatic heterocycles. The van der Waals surface area contributed by atoms with Crippen molar-refractivity contribution in [1.29, 1.82) is 0 Å². The lowest BCUT2D eigenvalue weighted by molar-refractivity contribution is 0.0185. The number of aryl methyl sites for hydroxylation is 1. The zero-order chi connectivity index (χ0) is 10.6. The number of methoxy groups -OCH3 is 1. The Hall–Kier alpha value is -1.03. The van der Waals surface area contributed by atoms with Gasteiger partial charge >= 0.3 is 0 Å². The van der Waals surface area contributed by atoms with Crippen molar-refractivity contribution in [2.24, 2.45) is 7.05 Å². The number of hydrogen-bond donors (Lipinski definition) is 1. The maximum atomic E-state index is 5.32. The number of aromatic nitrogens is 2. The van der Waals surface area contributed by atoms with Crippen molar-refractivity contribution in [2.75, 3.05) is 19.0 Å². The molecule has 0 atom stereocenters. The maximum Gasteiger partial charge on any atom is 0.147 e. The molecule has 0 saturated heterocycles. The molecule has 0 fully saturated rings. The topological polar surface area (TPSA) is 39.1 Å². The van der Waals surface area contributed by atoms with Gasteiger partial charge in [-0.05, 0) is 20.3 Å². The van der Waals surface area contributed by atoms with Gasteiger partial charge in [-0.25, -0.2) is 0 Å². The Bertz CT molecular complexity index is 281. The molecule has 1 aromatic rings. The van der Waals surface area contributed by atoms with E-state index >= 15 is 0 Å². The normalized spacial score (nSPS) is 11.7. The van der Waals surface area contributed by atoms with Crippen LogP contribution in [0.5, 0.6) is 0 Å². The second kappa shape index (κ2) is 4.46. The van der Waals surface area contributed by atoms with Crippen LogP contribution in [0.2, 0.25) is 0 Å². The highest BCUT2D eigenvalue weighted by Gasteiger charge is 2.15. The molecule has 0 amide bonds. The van der Waals surface area contributed by atoms with E-state index in [0.717, 1.165) is 18.8 Å². The largest absolute Gasteiger partial charge is 0.379 e. The first kappa shape index (κ1) is 11.0. The van der Waals surface area contributed by atoms with Crippen LogP contribution in [0.3, 0.4) is 0 Å². The molecule has 0 aliphatic heterocycles. The maximum absolute atomic E-state index is 5.32. The Balaban J connectivity index is 2.28. The van der Waals surface area contributed by atoms with Gasteiger partial charge in [0.05, 0.1) is 5.60 Å². The van der Waals surface area contributed by atoms with Crippen molar-refractivity contribution >= 4 is 5.82 Å². The molecule has 0 aliphatic carbocycles.